The van der Waals surface area contributed by atoms with Gasteiger partial charge in [0.2, 0.25) is 0 Å². The summed E-state index contributed by atoms with van der Waals surface area (Å²) in [5.41, 5.74) is 1.89. The van der Waals surface area contributed by atoms with Crippen LogP contribution in [0.2, 0.25) is 0 Å². The van der Waals surface area contributed by atoms with Gasteiger partial charge in [0.15, 0.2) is 0 Å². The number of amides is 1. The lowest BCUT2D eigenvalue weighted by molar-refractivity contribution is -0.283. The lowest BCUT2D eigenvalue weighted by Gasteiger charge is -2.33. The molecule has 1 atom stereocenters. The summed E-state index contributed by atoms with van der Waals surface area (Å²) in [6.07, 6.45) is -4.48. The van der Waals surface area contributed by atoms with Gasteiger partial charge in [0.1, 0.15) is 12.4 Å². The van der Waals surface area contributed by atoms with Gasteiger partial charge in [-0.05, 0) is 67.8 Å². The largest absolute Gasteiger partial charge is 0.489 e. The zero-order valence-corrected chi connectivity index (χ0v) is 16.2. The van der Waals surface area contributed by atoms with Gasteiger partial charge in [0, 0.05) is 11.3 Å². The summed E-state index contributed by atoms with van der Waals surface area (Å²) in [7, 11) is 0. The summed E-state index contributed by atoms with van der Waals surface area (Å²) in [4.78, 5) is 12.6. The van der Waals surface area contributed by atoms with Gasteiger partial charge in [0.05, 0.1) is 0 Å². The second kappa shape index (κ2) is 7.44. The number of halogens is 3. The van der Waals surface area contributed by atoms with E-state index in [2.05, 4.69) is 5.43 Å². The van der Waals surface area contributed by atoms with Gasteiger partial charge in [-0.25, -0.2) is 5.01 Å². The molecule has 0 bridgehead atoms. The second-order valence-electron chi connectivity index (χ2n) is 7.04. The van der Waals surface area contributed by atoms with E-state index >= 15 is 0 Å². The van der Waals surface area contributed by atoms with Crippen LogP contribution in [0, 0.1) is 13.8 Å². The third-order valence-electron chi connectivity index (χ3n) is 4.75. The summed E-state index contributed by atoms with van der Waals surface area (Å²) < 4.78 is 45.6. The van der Waals surface area contributed by atoms with Gasteiger partial charge in [-0.2, -0.15) is 13.2 Å². The summed E-state index contributed by atoms with van der Waals surface area (Å²) in [6, 6.07) is 11.7. The third kappa shape index (κ3) is 4.07. The Balaban J connectivity index is 1.71. The van der Waals surface area contributed by atoms with Crippen molar-refractivity contribution in [1.82, 2.24) is 10.4 Å². The van der Waals surface area contributed by atoms with Crippen LogP contribution in [0.15, 0.2) is 54.2 Å². The Kier molecular flexibility index (Phi) is 5.32. The number of benzene rings is 2. The van der Waals surface area contributed by atoms with Crippen molar-refractivity contribution in [3.8, 4) is 5.75 Å². The number of rotatable bonds is 4. The third-order valence-corrected chi connectivity index (χ3v) is 4.75. The highest BCUT2D eigenvalue weighted by Crippen LogP contribution is 2.38. The van der Waals surface area contributed by atoms with Crippen LogP contribution in [0.3, 0.4) is 0 Å². The number of aryl methyl sites for hydroxylation is 2. The van der Waals surface area contributed by atoms with Crippen molar-refractivity contribution in [2.24, 2.45) is 0 Å². The average molecular weight is 406 g/mol. The molecule has 2 aromatic carbocycles. The topological polar surface area (TPSA) is 61.8 Å². The van der Waals surface area contributed by atoms with Gasteiger partial charge in [0.25, 0.3) is 11.6 Å². The molecule has 0 saturated heterocycles. The number of hydrogen-bond acceptors (Lipinski definition) is 4. The van der Waals surface area contributed by atoms with Gasteiger partial charge >= 0.3 is 6.18 Å². The monoisotopic (exact) mass is 406 g/mol. The number of hydrogen-bond donors (Lipinski definition) is 2. The van der Waals surface area contributed by atoms with E-state index in [0.29, 0.717) is 11.8 Å². The van der Waals surface area contributed by atoms with Crippen LogP contribution < -0.4 is 10.2 Å². The van der Waals surface area contributed by atoms with Crippen LogP contribution in [0.5, 0.6) is 5.75 Å². The van der Waals surface area contributed by atoms with E-state index in [-0.39, 0.29) is 22.9 Å². The Morgan fingerprint density at radius 2 is 1.76 bits per heavy atom. The van der Waals surface area contributed by atoms with E-state index in [9.17, 15) is 23.1 Å². The number of nitrogens with one attached hydrogen (secondary N) is 1. The summed E-state index contributed by atoms with van der Waals surface area (Å²) >= 11 is 0. The molecule has 0 saturated carbocycles. The lowest BCUT2D eigenvalue weighted by atomic mass is 10.1. The second-order valence-corrected chi connectivity index (χ2v) is 7.04. The molecule has 154 valence electrons. The fourth-order valence-corrected chi connectivity index (χ4v) is 2.92. The molecule has 8 heteroatoms. The number of alkyl halides is 3. The average Bonchev–Trinajstić information content (AvgIpc) is 2.98. The van der Waals surface area contributed by atoms with Crippen molar-refractivity contribution in [2.45, 2.75) is 39.3 Å². The minimum atomic E-state index is -5.05. The van der Waals surface area contributed by atoms with Crippen molar-refractivity contribution in [3.63, 3.8) is 0 Å². The molecule has 0 spiro atoms. The van der Waals surface area contributed by atoms with E-state index in [0.717, 1.165) is 16.7 Å². The fraction of sp³-hybridized carbons (Fsp3) is 0.286. The molecular formula is C21H21F3N2O3. The molecule has 2 aromatic rings. The number of carbonyl (C=O) groups excluding carboxylic acids is 1. The number of hydrazine groups is 1. The number of aliphatic hydroxyl groups is 1. The molecule has 0 fully saturated rings. The molecule has 0 aliphatic carbocycles. The Morgan fingerprint density at radius 3 is 2.34 bits per heavy atom. The van der Waals surface area contributed by atoms with Crippen LogP contribution in [-0.4, -0.2) is 27.9 Å². The summed E-state index contributed by atoms with van der Waals surface area (Å²) in [5.74, 6) is -0.300. The first-order chi connectivity index (χ1) is 13.5. The normalized spacial score (nSPS) is 19.0. The van der Waals surface area contributed by atoms with Crippen LogP contribution >= 0.6 is 0 Å². The highest BCUT2D eigenvalue weighted by molar-refractivity contribution is 5.95. The highest BCUT2D eigenvalue weighted by atomic mass is 19.4. The molecule has 2 N–H and O–H groups in total. The molecule has 0 aromatic heterocycles. The number of allylic oxidation sites excluding steroid dienone is 1. The molecule has 1 unspecified atom stereocenters. The van der Waals surface area contributed by atoms with E-state index in [4.69, 9.17) is 4.74 Å². The van der Waals surface area contributed by atoms with Crippen LogP contribution in [0.25, 0.3) is 0 Å². The number of nitrogens with zero attached hydrogens (tertiary/aromatic N) is 1. The minimum absolute atomic E-state index is 0.00166. The van der Waals surface area contributed by atoms with E-state index in [1.807, 2.05) is 32.0 Å². The summed E-state index contributed by atoms with van der Waals surface area (Å²) in [5, 5.41) is 10.2. The van der Waals surface area contributed by atoms with Crippen molar-refractivity contribution in [1.29, 1.82) is 0 Å². The predicted octanol–water partition coefficient (Wildman–Crippen LogP) is 4.00. The van der Waals surface area contributed by atoms with Crippen LogP contribution in [-0.2, 0) is 6.61 Å². The quantitative estimate of drug-likeness (QED) is 0.806. The van der Waals surface area contributed by atoms with E-state index in [1.54, 1.807) is 12.1 Å². The Hall–Kier alpha value is -3.00. The smallest absolute Gasteiger partial charge is 0.442 e. The van der Waals surface area contributed by atoms with E-state index in [1.165, 1.54) is 19.1 Å². The van der Waals surface area contributed by atoms with Crippen molar-refractivity contribution < 1.29 is 27.8 Å². The van der Waals surface area contributed by atoms with Gasteiger partial charge in [-0.15, -0.1) is 0 Å². The molecule has 1 aliphatic heterocycles. The van der Waals surface area contributed by atoms with Gasteiger partial charge in [-0.3, -0.25) is 10.2 Å². The Labute approximate surface area is 166 Å². The molecule has 1 heterocycles. The maximum atomic E-state index is 13.3. The van der Waals surface area contributed by atoms with Gasteiger partial charge in [-0.1, -0.05) is 18.2 Å². The molecule has 3 rings (SSSR count). The first-order valence-electron chi connectivity index (χ1n) is 8.90. The Morgan fingerprint density at radius 1 is 1.10 bits per heavy atom. The molecule has 0 radical (unpaired) electrons. The Bertz CT molecular complexity index is 955. The zero-order chi connectivity index (χ0) is 21.4. The van der Waals surface area contributed by atoms with Crippen LogP contribution in [0.1, 0.15) is 34.0 Å². The number of carbonyl (C=O) groups is 1. The standard InChI is InChI=1S/C21H21F3N2O3/c1-13-4-9-18(10-14(13)2)29-12-16-5-7-17(8-6-16)19(27)26-20(28,21(22,23)24)11-15(3)25-26/h4-11,25,28H,12H2,1-3H3. The predicted molar refractivity (Wildman–Crippen MR) is 101 cm³/mol. The highest BCUT2D eigenvalue weighted by Gasteiger charge is 2.61. The molecule has 1 amide bonds. The SMILES string of the molecule is CC1=CC(O)(C(F)(F)F)N(C(=O)c2ccc(COc3ccc(C)c(C)c3)cc2)N1. The van der Waals surface area contributed by atoms with Gasteiger partial charge < -0.3 is 9.84 Å². The van der Waals surface area contributed by atoms with Crippen molar-refractivity contribution in [2.75, 3.05) is 0 Å². The van der Waals surface area contributed by atoms with E-state index < -0.39 is 17.8 Å². The maximum Gasteiger partial charge on any atom is 0.442 e. The van der Waals surface area contributed by atoms with Crippen molar-refractivity contribution in [3.05, 3.63) is 76.5 Å². The fourth-order valence-electron chi connectivity index (χ4n) is 2.92. The summed E-state index contributed by atoms with van der Waals surface area (Å²) in [6.45, 7) is 5.55. The molecule has 5 nitrogen and oxygen atoms in total. The molecule has 29 heavy (non-hydrogen) atoms. The first-order valence-corrected chi connectivity index (χ1v) is 8.90. The first kappa shape index (κ1) is 20.7. The van der Waals surface area contributed by atoms with Crippen LogP contribution in [0.4, 0.5) is 13.2 Å². The lowest BCUT2D eigenvalue weighted by Crippen LogP contribution is -2.60. The number of ether oxygens (including phenoxy) is 1. The zero-order valence-electron chi connectivity index (χ0n) is 16.2. The maximum absolute atomic E-state index is 13.3. The molecular weight excluding hydrogens is 385 g/mol. The minimum Gasteiger partial charge on any atom is -0.489 e. The van der Waals surface area contributed by atoms with Crippen molar-refractivity contribution >= 4 is 5.91 Å². The molecule has 1 aliphatic rings.